The number of halogens is 2. The highest BCUT2D eigenvalue weighted by Crippen LogP contribution is 2.47. The molecule has 5 amide bonds. The second kappa shape index (κ2) is 25.4. The zero-order chi connectivity index (χ0) is 53.9. The third-order valence-corrected chi connectivity index (χ3v) is 20.7. The molecule has 3 aliphatic rings. The Morgan fingerprint density at radius 1 is 0.800 bits per heavy atom. The molecule has 4 aromatic carbocycles. The summed E-state index contributed by atoms with van der Waals surface area (Å²) in [5, 5.41) is 13.6. The van der Waals surface area contributed by atoms with Gasteiger partial charge < -0.3 is 50.0 Å². The number of ketones is 1. The molecular formula is C56H71F2N5O10SSi. The number of benzene rings is 4. The molecule has 15 nitrogen and oxygen atoms in total. The number of urea groups is 1. The monoisotopic (exact) mass is 1070 g/mol. The minimum Gasteiger partial charge on any atom is -0.497 e. The number of hydrogen-bond acceptors (Lipinski definition) is 11. The van der Waals surface area contributed by atoms with Crippen molar-refractivity contribution in [2.75, 3.05) is 39.7 Å². The first-order valence-electron chi connectivity index (χ1n) is 25.6. The molecule has 3 fully saturated rings. The van der Waals surface area contributed by atoms with Crippen molar-refractivity contribution in [1.29, 1.82) is 0 Å². The molecule has 1 unspecified atom stereocenters. The normalized spacial score (nSPS) is 21.5. The molecule has 0 saturated carbocycles. The highest BCUT2D eigenvalue weighted by atomic mass is 32.2. The number of ether oxygens (including phenoxy) is 4. The molecule has 75 heavy (non-hydrogen) atoms. The summed E-state index contributed by atoms with van der Waals surface area (Å²) in [6.45, 7) is 8.90. The Morgan fingerprint density at radius 3 is 2.11 bits per heavy atom. The van der Waals surface area contributed by atoms with Crippen LogP contribution in [0.25, 0.3) is 0 Å². The van der Waals surface area contributed by atoms with Crippen molar-refractivity contribution in [3.8, 4) is 5.75 Å². The van der Waals surface area contributed by atoms with Gasteiger partial charge in [-0.05, 0) is 65.9 Å². The predicted molar refractivity (Wildman–Crippen MR) is 285 cm³/mol. The molecular weight excluding hydrogens is 1000 g/mol. The minimum atomic E-state index is -2.80. The first-order chi connectivity index (χ1) is 35.8. The van der Waals surface area contributed by atoms with Crippen molar-refractivity contribution < 1.29 is 56.1 Å². The molecule has 0 bridgehead atoms. The second-order valence-electron chi connectivity index (χ2n) is 20.8. The van der Waals surface area contributed by atoms with E-state index in [1.807, 2.05) is 110 Å². The molecule has 5 N–H and O–H groups in total. The van der Waals surface area contributed by atoms with E-state index in [1.54, 1.807) is 7.11 Å². The van der Waals surface area contributed by atoms with E-state index in [0.29, 0.717) is 12.2 Å². The summed E-state index contributed by atoms with van der Waals surface area (Å²) in [5.41, 5.74) is 0.956. The average Bonchev–Trinajstić information content (AvgIpc) is 4.07. The van der Waals surface area contributed by atoms with Crippen LogP contribution in [0, 0.1) is 11.6 Å². The maximum absolute atomic E-state index is 16.6. The number of hydrogen-bond donors (Lipinski definition) is 5. The third-order valence-electron chi connectivity index (χ3n) is 14.7. The van der Waals surface area contributed by atoms with E-state index < -0.39 is 62.5 Å². The van der Waals surface area contributed by atoms with E-state index in [2.05, 4.69) is 47.4 Å². The van der Waals surface area contributed by atoms with Crippen molar-refractivity contribution in [2.45, 2.75) is 131 Å². The van der Waals surface area contributed by atoms with Gasteiger partial charge in [-0.2, -0.15) is 11.8 Å². The maximum atomic E-state index is 16.6. The lowest BCUT2D eigenvalue weighted by Gasteiger charge is -2.41. The van der Waals surface area contributed by atoms with Crippen molar-refractivity contribution in [1.82, 2.24) is 26.6 Å². The molecule has 0 aromatic heterocycles. The number of thioether (sulfide) groups is 1. The molecule has 4 aromatic rings. The lowest BCUT2D eigenvalue weighted by molar-refractivity contribution is -0.133. The number of Topliss-reactive ketones (excluding diaryl/α,β-unsaturated/α-hetero) is 1. The SMILES string of the molecule is CNC(=O)CCC(=O)COC1[C@@H](O[Si](C)(C)C(C)(C)C)[C@@H](c2cc(CNC(=O)CNC(=O)CCCC[C@@H]3SC[C@H]4NC(=O)N[C@H]34)c(F)cc2F)O[C@@H]1COC(c1ccccc1)(c1ccccc1)c1ccc(OC)cc1. The van der Waals surface area contributed by atoms with Gasteiger partial charge in [-0.3, -0.25) is 19.2 Å². The number of amides is 5. The number of unbranched alkanes of at least 4 members (excludes halogenated alkanes) is 1. The van der Waals surface area contributed by atoms with Crippen LogP contribution in [0.2, 0.25) is 18.1 Å². The smallest absolute Gasteiger partial charge is 0.315 e. The van der Waals surface area contributed by atoms with Crippen LogP contribution in [0.15, 0.2) is 97.1 Å². The van der Waals surface area contributed by atoms with E-state index in [1.165, 1.54) is 13.1 Å². The summed E-state index contributed by atoms with van der Waals surface area (Å²) in [6, 6.07) is 29.0. The number of nitrogens with one attached hydrogen (secondary N) is 5. The molecule has 0 spiro atoms. The van der Waals surface area contributed by atoms with Gasteiger partial charge in [0.15, 0.2) is 14.1 Å². The van der Waals surface area contributed by atoms with Crippen LogP contribution in [-0.2, 0) is 50.0 Å². The molecule has 3 aliphatic heterocycles. The molecule has 7 atom stereocenters. The number of rotatable bonds is 25. The fourth-order valence-corrected chi connectivity index (χ4v) is 12.3. The van der Waals surface area contributed by atoms with Gasteiger partial charge >= 0.3 is 6.03 Å². The number of carbonyl (C=O) groups excluding carboxylic acids is 5. The standard InChI is InChI=1S/C56H71F2N5O10SSi/c1-55(2,3)75(6,7)73-53-51(41-28-35(42(57)29-43(41)58)30-60-49(67)31-61-48(66)21-15-14-20-46-50-44(34-74-46)62-54(68)63-50)72-45(52(53)70-32-39(64)24-27-47(65)59-4)33-71-56(36-16-10-8-11-17-36,37-18-12-9-13-19-37)38-22-25-40(69-5)26-23-38/h8-13,16-19,22-23,25-26,28-29,44-46,50-53H,14-15,20-21,24,27,30-34H2,1-7H3,(H,59,65)(H,60,67)(H,61,66)(H2,62,63,68)/t44-,45-,46+,50+,51-,52?,53+/m1/s1. The van der Waals surface area contributed by atoms with Crippen LogP contribution in [0.1, 0.15) is 93.2 Å². The first kappa shape index (κ1) is 57.0. The molecule has 7 rings (SSSR count). The van der Waals surface area contributed by atoms with Crippen LogP contribution in [0.5, 0.6) is 5.75 Å². The van der Waals surface area contributed by atoms with E-state index in [9.17, 15) is 24.0 Å². The summed E-state index contributed by atoms with van der Waals surface area (Å²) in [6.07, 6.45) is -2.11. The quantitative estimate of drug-likeness (QED) is 0.0189. The first-order valence-corrected chi connectivity index (χ1v) is 29.6. The van der Waals surface area contributed by atoms with E-state index in [4.69, 9.17) is 23.4 Å². The summed E-state index contributed by atoms with van der Waals surface area (Å²) in [7, 11) is 0.274. The molecule has 0 aliphatic carbocycles. The van der Waals surface area contributed by atoms with Gasteiger partial charge in [0, 0.05) is 61.1 Å². The summed E-state index contributed by atoms with van der Waals surface area (Å²) in [5.74, 6) is -1.90. The van der Waals surface area contributed by atoms with Crippen LogP contribution >= 0.6 is 11.8 Å². The van der Waals surface area contributed by atoms with Crippen molar-refractivity contribution in [3.05, 3.63) is 137 Å². The topological polar surface area (TPSA) is 192 Å². The lowest BCUT2D eigenvalue weighted by Crippen LogP contribution is -2.49. The lowest BCUT2D eigenvalue weighted by atomic mass is 9.80. The highest BCUT2D eigenvalue weighted by molar-refractivity contribution is 8.00. The van der Waals surface area contributed by atoms with Gasteiger partial charge in [0.25, 0.3) is 0 Å². The Bertz CT molecular complexity index is 2570. The maximum Gasteiger partial charge on any atom is 0.315 e. The van der Waals surface area contributed by atoms with Gasteiger partial charge in [-0.1, -0.05) is 100.0 Å². The Kier molecular flexibility index (Phi) is 19.3. The zero-order valence-electron chi connectivity index (χ0n) is 43.8. The summed E-state index contributed by atoms with van der Waals surface area (Å²) in [4.78, 5) is 63.2. The van der Waals surface area contributed by atoms with Crippen LogP contribution in [0.3, 0.4) is 0 Å². The Balaban J connectivity index is 1.14. The van der Waals surface area contributed by atoms with Gasteiger partial charge in [-0.15, -0.1) is 0 Å². The molecule has 3 heterocycles. The Labute approximate surface area is 443 Å². The molecule has 404 valence electrons. The summed E-state index contributed by atoms with van der Waals surface area (Å²) < 4.78 is 65.8. The van der Waals surface area contributed by atoms with Crippen LogP contribution in [-0.4, -0.2) is 113 Å². The molecule has 19 heteroatoms. The Hall–Kier alpha value is -5.70. The highest BCUT2D eigenvalue weighted by Gasteiger charge is 2.53. The van der Waals surface area contributed by atoms with Crippen molar-refractivity contribution in [3.63, 3.8) is 0 Å². The summed E-state index contributed by atoms with van der Waals surface area (Å²) >= 11 is 1.81. The van der Waals surface area contributed by atoms with Gasteiger partial charge in [0.05, 0.1) is 32.3 Å². The largest absolute Gasteiger partial charge is 0.497 e. The predicted octanol–water partition coefficient (Wildman–Crippen LogP) is 7.75. The number of methoxy groups -OCH3 is 1. The zero-order valence-corrected chi connectivity index (χ0v) is 45.6. The Morgan fingerprint density at radius 2 is 1.47 bits per heavy atom. The fraction of sp³-hybridized carbons (Fsp3) is 0.482. The van der Waals surface area contributed by atoms with Gasteiger partial charge in [-0.25, -0.2) is 13.6 Å². The number of carbonyl (C=O) groups is 5. The van der Waals surface area contributed by atoms with Crippen LogP contribution < -0.4 is 31.3 Å². The van der Waals surface area contributed by atoms with E-state index in [-0.39, 0.29) is 96.1 Å². The minimum absolute atomic E-state index is 0.0466. The number of fused-ring (bicyclic) bond motifs is 1. The van der Waals surface area contributed by atoms with E-state index >= 15 is 8.78 Å². The fourth-order valence-electron chi connectivity index (χ4n) is 9.49. The van der Waals surface area contributed by atoms with Crippen LogP contribution in [0.4, 0.5) is 13.6 Å². The van der Waals surface area contributed by atoms with Crippen molar-refractivity contribution >= 4 is 49.6 Å². The molecule has 3 saturated heterocycles. The van der Waals surface area contributed by atoms with Gasteiger partial charge in [0.2, 0.25) is 17.7 Å². The van der Waals surface area contributed by atoms with Crippen molar-refractivity contribution in [2.24, 2.45) is 0 Å². The molecule has 0 radical (unpaired) electrons. The second-order valence-corrected chi connectivity index (χ2v) is 26.8. The van der Waals surface area contributed by atoms with Gasteiger partial charge in [0.1, 0.15) is 54.0 Å². The van der Waals surface area contributed by atoms with E-state index in [0.717, 1.165) is 41.4 Å². The average molecular weight is 1070 g/mol. The third kappa shape index (κ3) is 14.0.